The van der Waals surface area contributed by atoms with Crippen molar-refractivity contribution in [2.24, 2.45) is 0 Å². The molecule has 1 unspecified atom stereocenters. The Kier molecular flexibility index (Phi) is 2.08. The highest BCUT2D eigenvalue weighted by Gasteiger charge is 2.53. The van der Waals surface area contributed by atoms with Crippen molar-refractivity contribution in [1.29, 1.82) is 0 Å². The Bertz CT molecular complexity index is 205. The van der Waals surface area contributed by atoms with Gasteiger partial charge in [-0.05, 0) is 6.92 Å². The van der Waals surface area contributed by atoms with Gasteiger partial charge in [-0.25, -0.2) is 0 Å². The van der Waals surface area contributed by atoms with Crippen LogP contribution in [0.2, 0.25) is 0 Å². The molecule has 0 aromatic rings. The minimum atomic E-state index is -1.21. The van der Waals surface area contributed by atoms with Crippen LogP contribution >= 0.6 is 0 Å². The standard InChI is InChI=1S/C8H14O5/c1-8(11)2-4-7(13-8)6(10)5(3-9)12-4/h4-7,9-11H,2-3H2,1H3/t4-,5-,6-,7+,8?/m1/s1. The van der Waals surface area contributed by atoms with Gasteiger partial charge in [-0.1, -0.05) is 0 Å². The Hall–Kier alpha value is -0.200. The summed E-state index contributed by atoms with van der Waals surface area (Å²) in [6, 6.07) is 0. The molecule has 5 atom stereocenters. The minimum Gasteiger partial charge on any atom is -0.394 e. The van der Waals surface area contributed by atoms with Crippen molar-refractivity contribution in [3.63, 3.8) is 0 Å². The molecule has 76 valence electrons. The first-order chi connectivity index (χ1) is 6.03. The second kappa shape index (κ2) is 2.90. The van der Waals surface area contributed by atoms with Gasteiger partial charge in [0.25, 0.3) is 0 Å². The fourth-order valence-corrected chi connectivity index (χ4v) is 1.99. The summed E-state index contributed by atoms with van der Waals surface area (Å²) in [5.74, 6) is -1.21. The molecule has 0 aliphatic carbocycles. The Morgan fingerprint density at radius 3 is 2.77 bits per heavy atom. The van der Waals surface area contributed by atoms with Gasteiger partial charge in [0.2, 0.25) is 0 Å². The summed E-state index contributed by atoms with van der Waals surface area (Å²) in [5, 5.41) is 27.9. The van der Waals surface area contributed by atoms with E-state index in [2.05, 4.69) is 0 Å². The molecule has 2 fully saturated rings. The van der Waals surface area contributed by atoms with Crippen molar-refractivity contribution in [3.8, 4) is 0 Å². The fraction of sp³-hybridized carbons (Fsp3) is 1.00. The molecule has 0 aromatic carbocycles. The highest BCUT2D eigenvalue weighted by atomic mass is 16.7. The first-order valence-electron chi connectivity index (χ1n) is 4.38. The zero-order chi connectivity index (χ0) is 9.64. The van der Waals surface area contributed by atoms with Crippen molar-refractivity contribution < 1.29 is 24.8 Å². The van der Waals surface area contributed by atoms with Gasteiger partial charge in [0, 0.05) is 6.42 Å². The molecule has 0 aromatic heterocycles. The summed E-state index contributed by atoms with van der Waals surface area (Å²) in [6.07, 6.45) is -1.89. The third-order valence-corrected chi connectivity index (χ3v) is 2.58. The monoisotopic (exact) mass is 190 g/mol. The Morgan fingerprint density at radius 2 is 2.23 bits per heavy atom. The summed E-state index contributed by atoms with van der Waals surface area (Å²) in [6.45, 7) is 1.31. The molecule has 2 saturated heterocycles. The number of hydrogen-bond acceptors (Lipinski definition) is 5. The third-order valence-electron chi connectivity index (χ3n) is 2.58. The van der Waals surface area contributed by atoms with Crippen LogP contribution in [0.5, 0.6) is 0 Å². The summed E-state index contributed by atoms with van der Waals surface area (Å²) >= 11 is 0. The van der Waals surface area contributed by atoms with E-state index in [-0.39, 0.29) is 12.7 Å². The lowest BCUT2D eigenvalue weighted by Crippen LogP contribution is -2.36. The summed E-state index contributed by atoms with van der Waals surface area (Å²) in [5.41, 5.74) is 0. The average Bonchev–Trinajstić information content (AvgIpc) is 2.47. The van der Waals surface area contributed by atoms with E-state index >= 15 is 0 Å². The highest BCUT2D eigenvalue weighted by Crippen LogP contribution is 2.38. The van der Waals surface area contributed by atoms with Gasteiger partial charge in [0.15, 0.2) is 5.79 Å². The molecule has 2 rings (SSSR count). The zero-order valence-electron chi connectivity index (χ0n) is 7.38. The van der Waals surface area contributed by atoms with E-state index in [0.29, 0.717) is 6.42 Å². The molecule has 2 aliphatic heterocycles. The lowest BCUT2D eigenvalue weighted by molar-refractivity contribution is -0.197. The van der Waals surface area contributed by atoms with E-state index in [4.69, 9.17) is 14.6 Å². The molecule has 13 heavy (non-hydrogen) atoms. The topological polar surface area (TPSA) is 79.2 Å². The number of ether oxygens (including phenoxy) is 2. The molecule has 2 aliphatic rings. The second-order valence-corrected chi connectivity index (χ2v) is 3.85. The number of rotatable bonds is 1. The maximum absolute atomic E-state index is 9.57. The predicted molar refractivity (Wildman–Crippen MR) is 41.9 cm³/mol. The van der Waals surface area contributed by atoms with Crippen LogP contribution in [-0.2, 0) is 9.47 Å². The second-order valence-electron chi connectivity index (χ2n) is 3.85. The fourth-order valence-electron chi connectivity index (χ4n) is 1.99. The number of fused-ring (bicyclic) bond motifs is 1. The van der Waals surface area contributed by atoms with E-state index in [1.54, 1.807) is 0 Å². The van der Waals surface area contributed by atoms with Crippen molar-refractivity contribution in [1.82, 2.24) is 0 Å². The van der Waals surface area contributed by atoms with Crippen molar-refractivity contribution >= 4 is 0 Å². The molecule has 5 heteroatoms. The zero-order valence-corrected chi connectivity index (χ0v) is 7.38. The molecule has 5 nitrogen and oxygen atoms in total. The number of aliphatic hydroxyl groups is 3. The van der Waals surface area contributed by atoms with Crippen LogP contribution in [0.15, 0.2) is 0 Å². The van der Waals surface area contributed by atoms with Gasteiger partial charge < -0.3 is 24.8 Å². The molecule has 2 heterocycles. The first kappa shape index (κ1) is 9.36. The maximum Gasteiger partial charge on any atom is 0.165 e. The molecule has 0 spiro atoms. The Morgan fingerprint density at radius 1 is 1.54 bits per heavy atom. The average molecular weight is 190 g/mol. The maximum atomic E-state index is 9.57. The minimum absolute atomic E-state index is 0.223. The largest absolute Gasteiger partial charge is 0.394 e. The van der Waals surface area contributed by atoms with Gasteiger partial charge in [0.1, 0.15) is 18.3 Å². The normalized spacial score (nSPS) is 55.4. The van der Waals surface area contributed by atoms with E-state index in [0.717, 1.165) is 0 Å². The molecular formula is C8H14O5. The van der Waals surface area contributed by atoms with Crippen LogP contribution in [0.4, 0.5) is 0 Å². The van der Waals surface area contributed by atoms with Crippen molar-refractivity contribution in [2.45, 2.75) is 43.5 Å². The third kappa shape index (κ3) is 1.47. The summed E-state index contributed by atoms with van der Waals surface area (Å²) in [7, 11) is 0. The SMILES string of the molecule is CC1(O)C[C@H]2O[C@H](CO)[C@@H](O)[C@H]2O1. The van der Waals surface area contributed by atoms with Crippen LogP contribution in [0.3, 0.4) is 0 Å². The molecule has 0 radical (unpaired) electrons. The Labute approximate surface area is 75.9 Å². The van der Waals surface area contributed by atoms with E-state index in [9.17, 15) is 10.2 Å². The lowest BCUT2D eigenvalue weighted by Gasteiger charge is -2.21. The first-order valence-corrected chi connectivity index (χ1v) is 4.38. The molecular weight excluding hydrogens is 176 g/mol. The predicted octanol–water partition coefficient (Wildman–Crippen LogP) is -1.40. The number of aliphatic hydroxyl groups excluding tert-OH is 2. The molecule has 3 N–H and O–H groups in total. The van der Waals surface area contributed by atoms with Gasteiger partial charge in [-0.15, -0.1) is 0 Å². The summed E-state index contributed by atoms with van der Waals surface area (Å²) < 4.78 is 10.5. The van der Waals surface area contributed by atoms with Gasteiger partial charge in [-0.2, -0.15) is 0 Å². The van der Waals surface area contributed by atoms with Crippen LogP contribution in [-0.4, -0.2) is 52.1 Å². The lowest BCUT2D eigenvalue weighted by atomic mass is 10.1. The van der Waals surface area contributed by atoms with E-state index < -0.39 is 24.1 Å². The van der Waals surface area contributed by atoms with Gasteiger partial charge in [-0.3, -0.25) is 0 Å². The molecule has 0 amide bonds. The summed E-state index contributed by atoms with van der Waals surface area (Å²) in [4.78, 5) is 0. The van der Waals surface area contributed by atoms with Crippen LogP contribution in [0.25, 0.3) is 0 Å². The number of hydrogen-bond donors (Lipinski definition) is 3. The molecule has 0 saturated carbocycles. The van der Waals surface area contributed by atoms with E-state index in [1.165, 1.54) is 6.92 Å². The van der Waals surface area contributed by atoms with Gasteiger partial charge in [0.05, 0.1) is 12.7 Å². The van der Waals surface area contributed by atoms with Crippen molar-refractivity contribution in [2.75, 3.05) is 6.61 Å². The van der Waals surface area contributed by atoms with Gasteiger partial charge >= 0.3 is 0 Å². The van der Waals surface area contributed by atoms with Crippen molar-refractivity contribution in [3.05, 3.63) is 0 Å². The molecule has 0 bridgehead atoms. The Balaban J connectivity index is 2.07. The van der Waals surface area contributed by atoms with Crippen LogP contribution in [0.1, 0.15) is 13.3 Å². The van der Waals surface area contributed by atoms with E-state index in [1.807, 2.05) is 0 Å². The quantitative estimate of drug-likeness (QED) is 0.474. The smallest absolute Gasteiger partial charge is 0.165 e. The van der Waals surface area contributed by atoms with Crippen LogP contribution < -0.4 is 0 Å². The highest BCUT2D eigenvalue weighted by molar-refractivity contribution is 4.98. The van der Waals surface area contributed by atoms with Crippen LogP contribution in [0, 0.1) is 0 Å².